The van der Waals surface area contributed by atoms with E-state index in [9.17, 15) is 0 Å². The molecule has 0 aromatic carbocycles. The monoisotopic (exact) mass is 235 g/mol. The van der Waals surface area contributed by atoms with Crippen molar-refractivity contribution in [3.8, 4) is 5.75 Å². The van der Waals surface area contributed by atoms with Crippen molar-refractivity contribution in [3.63, 3.8) is 0 Å². The van der Waals surface area contributed by atoms with Gasteiger partial charge in [0.1, 0.15) is 5.75 Å². The Hall–Kier alpha value is -1.29. The number of likely N-dealkylation sites (N-methyl/N-ethyl adjacent to an activating group) is 1. The van der Waals surface area contributed by atoms with Crippen LogP contribution in [0.1, 0.15) is 13.3 Å². The third-order valence-electron chi connectivity index (χ3n) is 3.09. The Morgan fingerprint density at radius 3 is 2.94 bits per heavy atom. The molecule has 0 N–H and O–H groups in total. The summed E-state index contributed by atoms with van der Waals surface area (Å²) >= 11 is 0. The number of nitrogens with zero attached hydrogens (tertiary/aromatic N) is 3. The van der Waals surface area contributed by atoms with Crippen LogP contribution in [-0.2, 0) is 0 Å². The van der Waals surface area contributed by atoms with Crippen molar-refractivity contribution in [1.82, 2.24) is 9.88 Å². The Labute approximate surface area is 103 Å². The normalized spacial score (nSPS) is 17.9. The van der Waals surface area contributed by atoms with Gasteiger partial charge in [-0.15, -0.1) is 0 Å². The first-order chi connectivity index (χ1) is 8.29. The average Bonchev–Trinajstić information content (AvgIpc) is 2.55. The Morgan fingerprint density at radius 2 is 2.12 bits per heavy atom. The van der Waals surface area contributed by atoms with Gasteiger partial charge in [0.05, 0.1) is 24.7 Å². The topological polar surface area (TPSA) is 28.6 Å². The number of hydrogen-bond donors (Lipinski definition) is 0. The van der Waals surface area contributed by atoms with Gasteiger partial charge in [-0.1, -0.05) is 0 Å². The second kappa shape index (κ2) is 5.87. The van der Waals surface area contributed by atoms with E-state index in [0.717, 1.165) is 25.4 Å². The van der Waals surface area contributed by atoms with Crippen LogP contribution in [0.15, 0.2) is 18.5 Å². The minimum absolute atomic E-state index is 0.688. The zero-order valence-electron chi connectivity index (χ0n) is 10.7. The van der Waals surface area contributed by atoms with E-state index in [1.165, 1.54) is 18.7 Å². The maximum absolute atomic E-state index is 5.49. The summed E-state index contributed by atoms with van der Waals surface area (Å²) in [4.78, 5) is 9.01. The van der Waals surface area contributed by atoms with Crippen LogP contribution in [0.25, 0.3) is 0 Å². The number of hydrogen-bond acceptors (Lipinski definition) is 4. The summed E-state index contributed by atoms with van der Waals surface area (Å²) in [6.45, 7) is 7.13. The summed E-state index contributed by atoms with van der Waals surface area (Å²) in [6.07, 6.45) is 4.90. The van der Waals surface area contributed by atoms with Crippen LogP contribution >= 0.6 is 0 Å². The van der Waals surface area contributed by atoms with Gasteiger partial charge in [0.2, 0.25) is 0 Å². The maximum Gasteiger partial charge on any atom is 0.139 e. The molecule has 94 valence electrons. The van der Waals surface area contributed by atoms with Crippen LogP contribution in [0.2, 0.25) is 0 Å². The third kappa shape index (κ3) is 3.33. The van der Waals surface area contributed by atoms with Gasteiger partial charge in [-0.2, -0.15) is 0 Å². The molecule has 0 saturated carbocycles. The number of aromatic nitrogens is 1. The molecule has 2 heterocycles. The first kappa shape index (κ1) is 12.2. The highest BCUT2D eigenvalue weighted by molar-refractivity contribution is 5.48. The molecule has 0 amide bonds. The number of pyridine rings is 1. The van der Waals surface area contributed by atoms with Crippen LogP contribution < -0.4 is 9.64 Å². The van der Waals surface area contributed by atoms with Crippen molar-refractivity contribution >= 4 is 5.69 Å². The molecule has 1 aliphatic rings. The molecule has 0 unspecified atom stereocenters. The molecule has 1 fully saturated rings. The summed E-state index contributed by atoms with van der Waals surface area (Å²) in [5.74, 6) is 0.864. The molecule has 4 nitrogen and oxygen atoms in total. The SMILES string of the molecule is CCOc1cncc(N2CCCN(C)CC2)c1. The molecule has 1 aromatic rings. The van der Waals surface area contributed by atoms with E-state index in [1.54, 1.807) is 6.20 Å². The zero-order valence-corrected chi connectivity index (χ0v) is 10.7. The van der Waals surface area contributed by atoms with Gasteiger partial charge in [-0.05, 0) is 26.9 Å². The van der Waals surface area contributed by atoms with E-state index in [4.69, 9.17) is 4.74 Å². The van der Waals surface area contributed by atoms with Gasteiger partial charge in [-0.25, -0.2) is 0 Å². The fourth-order valence-corrected chi connectivity index (χ4v) is 2.13. The second-order valence-electron chi connectivity index (χ2n) is 4.46. The molecular weight excluding hydrogens is 214 g/mol. The molecule has 0 bridgehead atoms. The van der Waals surface area contributed by atoms with E-state index in [0.29, 0.717) is 6.61 Å². The van der Waals surface area contributed by atoms with Gasteiger partial charge in [0.15, 0.2) is 0 Å². The minimum atomic E-state index is 0.688. The van der Waals surface area contributed by atoms with E-state index in [2.05, 4.69) is 27.9 Å². The van der Waals surface area contributed by atoms with Gasteiger partial charge < -0.3 is 14.5 Å². The van der Waals surface area contributed by atoms with Gasteiger partial charge in [0.25, 0.3) is 0 Å². The van der Waals surface area contributed by atoms with Crippen LogP contribution in [-0.4, -0.2) is 49.7 Å². The Balaban J connectivity index is 2.07. The maximum atomic E-state index is 5.49. The second-order valence-corrected chi connectivity index (χ2v) is 4.46. The van der Waals surface area contributed by atoms with Crippen LogP contribution in [0.5, 0.6) is 5.75 Å². The lowest BCUT2D eigenvalue weighted by molar-refractivity contribution is 0.339. The lowest BCUT2D eigenvalue weighted by atomic mass is 10.3. The first-order valence-corrected chi connectivity index (χ1v) is 6.31. The lowest BCUT2D eigenvalue weighted by Gasteiger charge is -2.22. The van der Waals surface area contributed by atoms with Crippen molar-refractivity contribution in [2.75, 3.05) is 44.7 Å². The molecule has 0 spiro atoms. The largest absolute Gasteiger partial charge is 0.492 e. The fourth-order valence-electron chi connectivity index (χ4n) is 2.13. The van der Waals surface area contributed by atoms with E-state index < -0.39 is 0 Å². The van der Waals surface area contributed by atoms with Crippen molar-refractivity contribution in [1.29, 1.82) is 0 Å². The first-order valence-electron chi connectivity index (χ1n) is 6.31. The van der Waals surface area contributed by atoms with Crippen molar-refractivity contribution in [3.05, 3.63) is 18.5 Å². The van der Waals surface area contributed by atoms with Crippen LogP contribution in [0.4, 0.5) is 5.69 Å². The molecule has 1 aromatic heterocycles. The van der Waals surface area contributed by atoms with Crippen molar-refractivity contribution < 1.29 is 4.74 Å². The molecule has 0 atom stereocenters. The Morgan fingerprint density at radius 1 is 1.24 bits per heavy atom. The average molecular weight is 235 g/mol. The van der Waals surface area contributed by atoms with Gasteiger partial charge >= 0.3 is 0 Å². The molecule has 2 rings (SSSR count). The van der Waals surface area contributed by atoms with E-state index in [-0.39, 0.29) is 0 Å². The Bertz CT molecular complexity index is 356. The number of rotatable bonds is 3. The third-order valence-corrected chi connectivity index (χ3v) is 3.09. The van der Waals surface area contributed by atoms with Gasteiger partial charge in [0, 0.05) is 25.7 Å². The van der Waals surface area contributed by atoms with Crippen LogP contribution in [0.3, 0.4) is 0 Å². The highest BCUT2D eigenvalue weighted by atomic mass is 16.5. The fraction of sp³-hybridized carbons (Fsp3) is 0.615. The molecule has 4 heteroatoms. The predicted octanol–water partition coefficient (Wildman–Crippen LogP) is 1.62. The number of anilines is 1. The molecule has 1 aliphatic heterocycles. The quantitative estimate of drug-likeness (QED) is 0.796. The summed E-state index contributed by atoms with van der Waals surface area (Å²) < 4.78 is 5.49. The highest BCUT2D eigenvalue weighted by Crippen LogP contribution is 2.20. The summed E-state index contributed by atoms with van der Waals surface area (Å²) in [5, 5.41) is 0. The molecule has 0 aliphatic carbocycles. The van der Waals surface area contributed by atoms with Gasteiger partial charge in [-0.3, -0.25) is 4.98 Å². The zero-order chi connectivity index (χ0) is 12.1. The minimum Gasteiger partial charge on any atom is -0.492 e. The Kier molecular flexibility index (Phi) is 4.20. The number of ether oxygens (including phenoxy) is 1. The van der Waals surface area contributed by atoms with Crippen molar-refractivity contribution in [2.24, 2.45) is 0 Å². The summed E-state index contributed by atoms with van der Waals surface area (Å²) in [5.41, 5.74) is 1.17. The van der Waals surface area contributed by atoms with Crippen molar-refractivity contribution in [2.45, 2.75) is 13.3 Å². The predicted molar refractivity (Wildman–Crippen MR) is 69.7 cm³/mol. The standard InChI is InChI=1S/C13H21N3O/c1-3-17-13-9-12(10-14-11-13)16-6-4-5-15(2)7-8-16/h9-11H,3-8H2,1-2H3. The molecular formula is C13H21N3O. The van der Waals surface area contributed by atoms with E-state index in [1.807, 2.05) is 13.1 Å². The molecule has 17 heavy (non-hydrogen) atoms. The summed E-state index contributed by atoms with van der Waals surface area (Å²) in [7, 11) is 2.18. The van der Waals surface area contributed by atoms with Crippen LogP contribution in [0, 0.1) is 0 Å². The molecule has 1 saturated heterocycles. The highest BCUT2D eigenvalue weighted by Gasteiger charge is 2.13. The van der Waals surface area contributed by atoms with E-state index >= 15 is 0 Å². The molecule has 0 radical (unpaired) electrons. The smallest absolute Gasteiger partial charge is 0.139 e. The lowest BCUT2D eigenvalue weighted by Crippen LogP contribution is -2.28. The summed E-state index contributed by atoms with van der Waals surface area (Å²) in [6, 6.07) is 2.09.